The normalized spacial score (nSPS) is 10.7. The van der Waals surface area contributed by atoms with E-state index in [2.05, 4.69) is 51.5 Å². The van der Waals surface area contributed by atoms with E-state index >= 15 is 0 Å². The first kappa shape index (κ1) is 9.31. The van der Waals surface area contributed by atoms with Crippen LogP contribution in [0.1, 0.15) is 44.2 Å². The Kier molecular flexibility index (Phi) is 3.33. The van der Waals surface area contributed by atoms with Gasteiger partial charge in [-0.3, -0.25) is 0 Å². The van der Waals surface area contributed by atoms with E-state index in [0.717, 1.165) is 6.42 Å². The lowest BCUT2D eigenvalue weighted by atomic mass is 10.0. The summed E-state index contributed by atoms with van der Waals surface area (Å²) in [6.07, 6.45) is 3.35. The molecule has 0 spiro atoms. The summed E-state index contributed by atoms with van der Waals surface area (Å²) in [5.74, 6) is 0.640. The number of hydrogen-bond acceptors (Lipinski definition) is 0. The van der Waals surface area contributed by atoms with E-state index in [0.29, 0.717) is 5.92 Å². The molecule has 0 amide bonds. The summed E-state index contributed by atoms with van der Waals surface area (Å²) in [6.45, 7) is 6.60. The van der Waals surface area contributed by atoms with Gasteiger partial charge in [0.15, 0.2) is 0 Å². The minimum atomic E-state index is 0.640. The van der Waals surface area contributed by atoms with Crippen LogP contribution in [0.3, 0.4) is 0 Å². The first-order valence-corrected chi connectivity index (χ1v) is 4.67. The van der Waals surface area contributed by atoms with Gasteiger partial charge in [-0.05, 0) is 29.9 Å². The second-order valence-corrected chi connectivity index (χ2v) is 3.43. The maximum absolute atomic E-state index is 2.24. The van der Waals surface area contributed by atoms with Crippen LogP contribution >= 0.6 is 0 Å². The van der Waals surface area contributed by atoms with Crippen molar-refractivity contribution in [3.63, 3.8) is 0 Å². The van der Waals surface area contributed by atoms with Gasteiger partial charge < -0.3 is 0 Å². The first-order valence-electron chi connectivity index (χ1n) is 4.67. The fourth-order valence-corrected chi connectivity index (χ4v) is 1.25. The summed E-state index contributed by atoms with van der Waals surface area (Å²) in [5.41, 5.74) is 2.75. The molecule has 0 atom stereocenters. The molecular formula is C12H17. The van der Waals surface area contributed by atoms with Gasteiger partial charge in [0.1, 0.15) is 0 Å². The van der Waals surface area contributed by atoms with Crippen LogP contribution in [-0.4, -0.2) is 0 Å². The molecule has 0 fully saturated rings. The molecule has 1 aromatic rings. The van der Waals surface area contributed by atoms with Crippen molar-refractivity contribution in [3.05, 3.63) is 41.8 Å². The SMILES string of the molecule is CC[CH]c1ccc(C(C)C)cc1. The lowest BCUT2D eigenvalue weighted by molar-refractivity contribution is 0.866. The van der Waals surface area contributed by atoms with E-state index < -0.39 is 0 Å². The van der Waals surface area contributed by atoms with E-state index in [4.69, 9.17) is 0 Å². The Balaban J connectivity index is 2.71. The van der Waals surface area contributed by atoms with Crippen LogP contribution in [0, 0.1) is 6.42 Å². The van der Waals surface area contributed by atoms with Crippen LogP contribution in [0.2, 0.25) is 0 Å². The highest BCUT2D eigenvalue weighted by Gasteiger charge is 1.97. The van der Waals surface area contributed by atoms with Crippen molar-refractivity contribution in [2.45, 2.75) is 33.1 Å². The van der Waals surface area contributed by atoms with Crippen LogP contribution in [0.4, 0.5) is 0 Å². The smallest absolute Gasteiger partial charge is 0.00958 e. The summed E-state index contributed by atoms with van der Waals surface area (Å²) in [5, 5.41) is 0. The molecule has 0 heterocycles. The topological polar surface area (TPSA) is 0 Å². The van der Waals surface area contributed by atoms with Crippen molar-refractivity contribution in [2.24, 2.45) is 0 Å². The third kappa shape index (κ3) is 2.37. The van der Waals surface area contributed by atoms with Crippen molar-refractivity contribution in [3.8, 4) is 0 Å². The number of rotatable bonds is 3. The van der Waals surface area contributed by atoms with Gasteiger partial charge in [-0.1, -0.05) is 45.0 Å². The zero-order valence-corrected chi connectivity index (χ0v) is 8.17. The molecule has 0 saturated carbocycles. The predicted octanol–water partition coefficient (Wildman–Crippen LogP) is 3.77. The highest BCUT2D eigenvalue weighted by Crippen LogP contribution is 2.15. The van der Waals surface area contributed by atoms with Gasteiger partial charge in [0.05, 0.1) is 0 Å². The molecule has 65 valence electrons. The Bertz CT molecular complexity index is 218. The molecule has 1 radical (unpaired) electrons. The monoisotopic (exact) mass is 161 g/mol. The van der Waals surface area contributed by atoms with E-state index in [1.807, 2.05) is 0 Å². The Morgan fingerprint density at radius 1 is 1.17 bits per heavy atom. The average Bonchev–Trinajstić information content (AvgIpc) is 2.06. The maximum Gasteiger partial charge on any atom is -0.00958 e. The zero-order chi connectivity index (χ0) is 8.97. The lowest BCUT2D eigenvalue weighted by Gasteiger charge is -2.05. The first-order chi connectivity index (χ1) is 5.74. The van der Waals surface area contributed by atoms with Gasteiger partial charge in [-0.15, -0.1) is 0 Å². The van der Waals surface area contributed by atoms with Gasteiger partial charge in [0.25, 0.3) is 0 Å². The highest BCUT2D eigenvalue weighted by molar-refractivity contribution is 5.28. The van der Waals surface area contributed by atoms with Crippen LogP contribution < -0.4 is 0 Å². The predicted molar refractivity (Wildman–Crippen MR) is 54.2 cm³/mol. The number of benzene rings is 1. The van der Waals surface area contributed by atoms with E-state index in [-0.39, 0.29) is 0 Å². The van der Waals surface area contributed by atoms with E-state index in [1.54, 1.807) is 0 Å². The van der Waals surface area contributed by atoms with Crippen molar-refractivity contribution in [1.29, 1.82) is 0 Å². The molecule has 0 aliphatic carbocycles. The molecule has 1 rings (SSSR count). The largest absolute Gasteiger partial charge is 0.0648 e. The van der Waals surface area contributed by atoms with Gasteiger partial charge in [-0.25, -0.2) is 0 Å². The quantitative estimate of drug-likeness (QED) is 0.633. The van der Waals surface area contributed by atoms with Gasteiger partial charge in [0.2, 0.25) is 0 Å². The molecule has 0 saturated heterocycles. The number of hydrogen-bond donors (Lipinski definition) is 0. The second kappa shape index (κ2) is 4.30. The molecule has 0 heteroatoms. The zero-order valence-electron chi connectivity index (χ0n) is 8.17. The van der Waals surface area contributed by atoms with Crippen LogP contribution in [-0.2, 0) is 0 Å². The van der Waals surface area contributed by atoms with Gasteiger partial charge >= 0.3 is 0 Å². The fourth-order valence-electron chi connectivity index (χ4n) is 1.25. The van der Waals surface area contributed by atoms with Gasteiger partial charge in [0, 0.05) is 0 Å². The van der Waals surface area contributed by atoms with Crippen molar-refractivity contribution >= 4 is 0 Å². The van der Waals surface area contributed by atoms with E-state index in [9.17, 15) is 0 Å². The fraction of sp³-hybridized carbons (Fsp3) is 0.417. The minimum absolute atomic E-state index is 0.640. The van der Waals surface area contributed by atoms with Crippen molar-refractivity contribution < 1.29 is 0 Å². The lowest BCUT2D eigenvalue weighted by Crippen LogP contribution is -1.87. The Morgan fingerprint density at radius 3 is 2.17 bits per heavy atom. The molecule has 1 aromatic carbocycles. The van der Waals surface area contributed by atoms with Crippen molar-refractivity contribution in [1.82, 2.24) is 0 Å². The van der Waals surface area contributed by atoms with E-state index in [1.165, 1.54) is 11.1 Å². The molecule has 0 N–H and O–H groups in total. The minimum Gasteiger partial charge on any atom is -0.0648 e. The molecule has 0 unspecified atom stereocenters. The van der Waals surface area contributed by atoms with Crippen molar-refractivity contribution in [2.75, 3.05) is 0 Å². The average molecular weight is 161 g/mol. The molecule has 0 aromatic heterocycles. The molecule has 0 aliphatic rings. The summed E-state index contributed by atoms with van der Waals surface area (Å²) in [4.78, 5) is 0. The molecular weight excluding hydrogens is 144 g/mol. The third-order valence-corrected chi connectivity index (χ3v) is 2.04. The second-order valence-electron chi connectivity index (χ2n) is 3.43. The molecule has 12 heavy (non-hydrogen) atoms. The van der Waals surface area contributed by atoms with Crippen LogP contribution in [0.5, 0.6) is 0 Å². The highest BCUT2D eigenvalue weighted by atomic mass is 14.0. The Labute approximate surface area is 75.6 Å². The molecule has 0 aliphatic heterocycles. The van der Waals surface area contributed by atoms with Gasteiger partial charge in [-0.2, -0.15) is 0 Å². The summed E-state index contributed by atoms with van der Waals surface area (Å²) >= 11 is 0. The molecule has 0 nitrogen and oxygen atoms in total. The Morgan fingerprint density at radius 2 is 1.75 bits per heavy atom. The van der Waals surface area contributed by atoms with Crippen LogP contribution in [0.25, 0.3) is 0 Å². The summed E-state index contributed by atoms with van der Waals surface area (Å²) in [7, 11) is 0. The standard InChI is InChI=1S/C12H17/c1-4-5-11-6-8-12(9-7-11)10(2)3/h5-10H,4H2,1-3H3. The summed E-state index contributed by atoms with van der Waals surface area (Å²) < 4.78 is 0. The molecule has 0 bridgehead atoms. The maximum atomic E-state index is 2.24. The Hall–Kier alpha value is -0.780. The third-order valence-electron chi connectivity index (χ3n) is 2.04. The summed E-state index contributed by atoms with van der Waals surface area (Å²) in [6, 6.07) is 8.82. The van der Waals surface area contributed by atoms with Crippen LogP contribution in [0.15, 0.2) is 24.3 Å².